The van der Waals surface area contributed by atoms with Crippen molar-refractivity contribution in [1.29, 1.82) is 0 Å². The SMILES string of the molecule is CCC(=O)OCC(F)(F)S(=O)(=O)CC. The van der Waals surface area contributed by atoms with Gasteiger partial charge in [0.05, 0.1) is 5.75 Å². The number of alkyl halides is 2. The minimum Gasteiger partial charge on any atom is -0.458 e. The Morgan fingerprint density at radius 1 is 1.36 bits per heavy atom. The van der Waals surface area contributed by atoms with E-state index in [-0.39, 0.29) is 6.42 Å². The van der Waals surface area contributed by atoms with Gasteiger partial charge in [-0.3, -0.25) is 4.79 Å². The van der Waals surface area contributed by atoms with Crippen LogP contribution in [-0.2, 0) is 19.4 Å². The van der Waals surface area contributed by atoms with Crippen molar-refractivity contribution in [1.82, 2.24) is 0 Å². The first-order chi connectivity index (χ1) is 6.27. The fourth-order valence-corrected chi connectivity index (χ4v) is 1.23. The third kappa shape index (κ3) is 3.21. The van der Waals surface area contributed by atoms with Gasteiger partial charge < -0.3 is 4.74 Å². The molecule has 7 heteroatoms. The fraction of sp³-hybridized carbons (Fsp3) is 0.857. The molecule has 14 heavy (non-hydrogen) atoms. The van der Waals surface area contributed by atoms with Gasteiger partial charge in [-0.05, 0) is 0 Å². The number of halogens is 2. The lowest BCUT2D eigenvalue weighted by Crippen LogP contribution is -2.36. The van der Waals surface area contributed by atoms with Gasteiger partial charge in [0.15, 0.2) is 6.61 Å². The Labute approximate surface area is 81.2 Å². The number of carbonyl (C=O) groups excluding carboxylic acids is 1. The predicted octanol–water partition coefficient (Wildman–Crippen LogP) is 0.967. The van der Waals surface area contributed by atoms with E-state index in [0.29, 0.717) is 0 Å². The molecule has 0 atom stereocenters. The summed E-state index contributed by atoms with van der Waals surface area (Å²) in [6, 6.07) is 0. The molecule has 0 rings (SSSR count). The summed E-state index contributed by atoms with van der Waals surface area (Å²) in [6.07, 6.45) is -0.0672. The van der Waals surface area contributed by atoms with Gasteiger partial charge in [-0.25, -0.2) is 8.42 Å². The van der Waals surface area contributed by atoms with Crippen LogP contribution in [0, 0.1) is 0 Å². The summed E-state index contributed by atoms with van der Waals surface area (Å²) in [4.78, 5) is 10.5. The fourth-order valence-electron chi connectivity index (χ4n) is 0.568. The molecule has 0 aromatic heterocycles. The summed E-state index contributed by atoms with van der Waals surface area (Å²) in [5.74, 6) is -1.54. The number of carbonyl (C=O) groups is 1. The summed E-state index contributed by atoms with van der Waals surface area (Å²) >= 11 is 0. The van der Waals surface area contributed by atoms with Crippen molar-refractivity contribution in [3.05, 3.63) is 0 Å². The Balaban J connectivity index is 4.43. The molecular weight excluding hydrogens is 218 g/mol. The van der Waals surface area contributed by atoms with Crippen molar-refractivity contribution < 1.29 is 26.7 Å². The molecule has 0 N–H and O–H groups in total. The van der Waals surface area contributed by atoms with Gasteiger partial charge in [0.1, 0.15) is 0 Å². The summed E-state index contributed by atoms with van der Waals surface area (Å²) < 4.78 is 51.3. The van der Waals surface area contributed by atoms with E-state index in [9.17, 15) is 22.0 Å². The molecule has 0 saturated carbocycles. The van der Waals surface area contributed by atoms with E-state index in [4.69, 9.17) is 0 Å². The number of rotatable bonds is 5. The Kier molecular flexibility index (Phi) is 4.44. The molecule has 0 spiro atoms. The molecule has 0 radical (unpaired) electrons. The summed E-state index contributed by atoms with van der Waals surface area (Å²) in [7, 11) is -4.51. The number of ether oxygens (including phenoxy) is 1. The van der Waals surface area contributed by atoms with Gasteiger partial charge >= 0.3 is 11.2 Å². The second-order valence-corrected chi connectivity index (χ2v) is 4.96. The molecule has 0 aliphatic carbocycles. The minimum absolute atomic E-state index is 0.0672. The Morgan fingerprint density at radius 2 is 1.86 bits per heavy atom. The third-order valence-electron chi connectivity index (χ3n) is 1.52. The highest BCUT2D eigenvalue weighted by atomic mass is 32.2. The maximum absolute atomic E-state index is 12.8. The molecule has 0 aliphatic rings. The van der Waals surface area contributed by atoms with Crippen LogP contribution in [0.5, 0.6) is 0 Å². The molecule has 0 aromatic rings. The van der Waals surface area contributed by atoms with Crippen molar-refractivity contribution in [3.63, 3.8) is 0 Å². The van der Waals surface area contributed by atoms with E-state index >= 15 is 0 Å². The number of sulfone groups is 1. The van der Waals surface area contributed by atoms with Crippen LogP contribution in [0.25, 0.3) is 0 Å². The lowest BCUT2D eigenvalue weighted by atomic mass is 10.5. The lowest BCUT2D eigenvalue weighted by molar-refractivity contribution is -0.148. The second kappa shape index (κ2) is 4.68. The Bertz CT molecular complexity index is 297. The number of hydrogen-bond acceptors (Lipinski definition) is 4. The zero-order chi connectivity index (χ0) is 11.4. The second-order valence-electron chi connectivity index (χ2n) is 2.55. The standard InChI is InChI=1S/C7H12F2O4S/c1-3-6(10)13-5-7(8,9)14(11,12)4-2/h3-5H2,1-2H3. The third-order valence-corrected chi connectivity index (χ3v) is 3.31. The first-order valence-corrected chi connectivity index (χ1v) is 5.67. The maximum atomic E-state index is 12.8. The van der Waals surface area contributed by atoms with Crippen LogP contribution in [0.4, 0.5) is 8.78 Å². The van der Waals surface area contributed by atoms with E-state index in [1.165, 1.54) is 6.92 Å². The van der Waals surface area contributed by atoms with Gasteiger partial charge in [-0.15, -0.1) is 0 Å². The van der Waals surface area contributed by atoms with Crippen molar-refractivity contribution in [2.24, 2.45) is 0 Å². The number of hydrogen-bond donors (Lipinski definition) is 0. The first kappa shape index (κ1) is 13.3. The van der Waals surface area contributed by atoms with Crippen LogP contribution in [0.3, 0.4) is 0 Å². The van der Waals surface area contributed by atoms with Gasteiger partial charge in [-0.2, -0.15) is 8.78 Å². The van der Waals surface area contributed by atoms with Gasteiger partial charge in [0.25, 0.3) is 0 Å². The average molecular weight is 230 g/mol. The zero-order valence-electron chi connectivity index (χ0n) is 7.92. The highest BCUT2D eigenvalue weighted by Crippen LogP contribution is 2.22. The Morgan fingerprint density at radius 3 is 2.21 bits per heavy atom. The molecule has 4 nitrogen and oxygen atoms in total. The molecule has 0 aromatic carbocycles. The molecule has 0 bridgehead atoms. The van der Waals surface area contributed by atoms with Crippen LogP contribution in [0.2, 0.25) is 0 Å². The first-order valence-electron chi connectivity index (χ1n) is 4.02. The normalized spacial score (nSPS) is 12.6. The van der Waals surface area contributed by atoms with Crippen molar-refractivity contribution in [2.45, 2.75) is 25.5 Å². The van der Waals surface area contributed by atoms with Crippen molar-refractivity contribution in [3.8, 4) is 0 Å². The summed E-state index contributed by atoms with van der Waals surface area (Å²) in [5, 5.41) is -3.99. The maximum Gasteiger partial charge on any atom is 0.378 e. The van der Waals surface area contributed by atoms with Crippen molar-refractivity contribution in [2.75, 3.05) is 12.4 Å². The molecule has 0 amide bonds. The van der Waals surface area contributed by atoms with Gasteiger partial charge in [0, 0.05) is 6.42 Å². The van der Waals surface area contributed by atoms with Crippen LogP contribution in [0.15, 0.2) is 0 Å². The zero-order valence-corrected chi connectivity index (χ0v) is 8.73. The lowest BCUT2D eigenvalue weighted by Gasteiger charge is -2.15. The Hall–Kier alpha value is -0.720. The van der Waals surface area contributed by atoms with E-state index < -0.39 is 33.4 Å². The van der Waals surface area contributed by atoms with Crippen LogP contribution in [-0.4, -0.2) is 32.0 Å². The largest absolute Gasteiger partial charge is 0.458 e. The monoisotopic (exact) mass is 230 g/mol. The average Bonchev–Trinajstić information content (AvgIpc) is 2.13. The predicted molar refractivity (Wildman–Crippen MR) is 45.7 cm³/mol. The smallest absolute Gasteiger partial charge is 0.378 e. The molecule has 0 aliphatic heterocycles. The quantitative estimate of drug-likeness (QED) is 0.660. The van der Waals surface area contributed by atoms with Crippen LogP contribution >= 0.6 is 0 Å². The molecule has 0 saturated heterocycles. The molecule has 84 valence electrons. The number of esters is 1. The topological polar surface area (TPSA) is 60.4 Å². The molecule has 0 fully saturated rings. The summed E-state index contributed by atoms with van der Waals surface area (Å²) in [5.41, 5.74) is 0. The van der Waals surface area contributed by atoms with Crippen LogP contribution in [0.1, 0.15) is 20.3 Å². The van der Waals surface area contributed by atoms with Gasteiger partial charge in [-0.1, -0.05) is 13.8 Å². The minimum atomic E-state index is -4.51. The molecular formula is C7H12F2O4S. The van der Waals surface area contributed by atoms with Gasteiger partial charge in [0.2, 0.25) is 9.84 Å². The van der Waals surface area contributed by atoms with Crippen molar-refractivity contribution >= 4 is 15.8 Å². The van der Waals surface area contributed by atoms with E-state index in [1.54, 1.807) is 0 Å². The molecule has 0 heterocycles. The van der Waals surface area contributed by atoms with E-state index in [2.05, 4.69) is 4.74 Å². The van der Waals surface area contributed by atoms with E-state index in [0.717, 1.165) is 6.92 Å². The highest BCUT2D eigenvalue weighted by molar-refractivity contribution is 7.92. The summed E-state index contributed by atoms with van der Waals surface area (Å²) in [6.45, 7) is 1.12. The van der Waals surface area contributed by atoms with E-state index in [1.807, 2.05) is 0 Å². The highest BCUT2D eigenvalue weighted by Gasteiger charge is 2.44. The van der Waals surface area contributed by atoms with Crippen LogP contribution < -0.4 is 0 Å². The molecule has 0 unspecified atom stereocenters.